The molecule has 0 spiro atoms. The van der Waals surface area contributed by atoms with Crippen LogP contribution >= 0.6 is 0 Å². The van der Waals surface area contributed by atoms with Crippen LogP contribution in [0.25, 0.3) is 22.8 Å². The Hall–Kier alpha value is -4.20. The normalized spacial score (nSPS) is 12.8. The molecule has 8 nitrogen and oxygen atoms in total. The molecule has 0 radical (unpaired) electrons. The van der Waals surface area contributed by atoms with Crippen molar-refractivity contribution in [2.45, 2.75) is 13.3 Å². The molecule has 2 aromatic carbocycles. The van der Waals surface area contributed by atoms with Crippen LogP contribution < -0.4 is 5.73 Å². The van der Waals surface area contributed by atoms with Crippen molar-refractivity contribution in [3.05, 3.63) is 76.2 Å². The first-order valence-corrected chi connectivity index (χ1v) is 9.32. The summed E-state index contributed by atoms with van der Waals surface area (Å²) in [6.45, 7) is 1.88. The highest BCUT2D eigenvalue weighted by atomic mass is 16.4. The fourth-order valence-corrected chi connectivity index (χ4v) is 3.78. The summed E-state index contributed by atoms with van der Waals surface area (Å²) in [5.41, 5.74) is 11.4. The lowest BCUT2D eigenvalue weighted by Crippen LogP contribution is -2.08. The number of aryl methyl sites for hydroxylation is 1. The zero-order chi connectivity index (χ0) is 21.0. The van der Waals surface area contributed by atoms with Gasteiger partial charge in [0.15, 0.2) is 5.78 Å². The molecule has 0 unspecified atom stereocenters. The number of nitrogens with zero attached hydrogens (tertiary/aromatic N) is 3. The lowest BCUT2D eigenvalue weighted by atomic mass is 10.0. The molecule has 30 heavy (non-hydrogen) atoms. The number of Topliss-reactive ketones (excluding diaryl/α,β-unsaturated/α-hetero) is 1. The Kier molecular flexibility index (Phi) is 3.82. The summed E-state index contributed by atoms with van der Waals surface area (Å²) < 4.78 is 1.52. The number of carbonyl (C=O) groups is 2. The van der Waals surface area contributed by atoms with Crippen molar-refractivity contribution in [2.75, 3.05) is 5.73 Å². The van der Waals surface area contributed by atoms with E-state index in [4.69, 9.17) is 10.8 Å². The average molecular weight is 399 g/mol. The van der Waals surface area contributed by atoms with Gasteiger partial charge in [0, 0.05) is 12.0 Å². The van der Waals surface area contributed by atoms with Crippen molar-refractivity contribution < 1.29 is 14.7 Å². The largest absolute Gasteiger partial charge is 0.478 e. The molecule has 0 atom stereocenters. The van der Waals surface area contributed by atoms with Gasteiger partial charge in [-0.05, 0) is 54.5 Å². The van der Waals surface area contributed by atoms with E-state index in [1.165, 1.54) is 10.9 Å². The zero-order valence-corrected chi connectivity index (χ0v) is 16.0. The van der Waals surface area contributed by atoms with Gasteiger partial charge in [0.2, 0.25) is 0 Å². The Morgan fingerprint density at radius 3 is 2.83 bits per heavy atom. The van der Waals surface area contributed by atoms with E-state index in [1.807, 2.05) is 25.1 Å². The maximum atomic E-state index is 13.1. The summed E-state index contributed by atoms with van der Waals surface area (Å²) in [6, 6.07) is 10.5. The Balaban J connectivity index is 1.48. The minimum Gasteiger partial charge on any atom is -0.478 e. The minimum absolute atomic E-state index is 0.190. The lowest BCUT2D eigenvalue weighted by molar-refractivity contribution is 0.0696. The quantitative estimate of drug-likeness (QED) is 0.453. The van der Waals surface area contributed by atoms with Gasteiger partial charge in [0.05, 0.1) is 34.0 Å². The third-order valence-corrected chi connectivity index (χ3v) is 5.27. The molecule has 0 saturated carbocycles. The van der Waals surface area contributed by atoms with Gasteiger partial charge < -0.3 is 15.8 Å². The van der Waals surface area contributed by atoms with E-state index in [0.29, 0.717) is 17.6 Å². The number of fused-ring (bicyclic) bond motifs is 2. The molecule has 1 aliphatic rings. The van der Waals surface area contributed by atoms with Crippen molar-refractivity contribution in [3.8, 4) is 5.69 Å². The fraction of sp³-hybridized carbons (Fsp3) is 0.0909. The summed E-state index contributed by atoms with van der Waals surface area (Å²) >= 11 is 0. The number of allylic oxidation sites excluding steroid dienone is 1. The Labute approximate surface area is 170 Å². The maximum absolute atomic E-state index is 13.1. The van der Waals surface area contributed by atoms with Crippen molar-refractivity contribution >= 4 is 34.7 Å². The van der Waals surface area contributed by atoms with E-state index >= 15 is 0 Å². The van der Waals surface area contributed by atoms with Crippen LogP contribution in [0.4, 0.5) is 5.82 Å². The van der Waals surface area contributed by atoms with Crippen molar-refractivity contribution in [1.82, 2.24) is 19.7 Å². The number of carboxylic acid groups (broad SMARTS) is 1. The third-order valence-electron chi connectivity index (χ3n) is 5.27. The molecule has 5 rings (SSSR count). The van der Waals surface area contributed by atoms with E-state index in [1.54, 1.807) is 24.3 Å². The Morgan fingerprint density at radius 1 is 1.20 bits per heavy atom. The van der Waals surface area contributed by atoms with Gasteiger partial charge in [-0.15, -0.1) is 0 Å². The molecule has 0 fully saturated rings. The number of ketones is 1. The molecular formula is C22H17N5O3. The van der Waals surface area contributed by atoms with Gasteiger partial charge in [0.25, 0.3) is 0 Å². The number of hydrogen-bond donors (Lipinski definition) is 3. The average Bonchev–Trinajstić information content (AvgIpc) is 3.41. The fourth-order valence-electron chi connectivity index (χ4n) is 3.78. The summed E-state index contributed by atoms with van der Waals surface area (Å²) in [4.78, 5) is 31.8. The molecule has 0 saturated heterocycles. The second-order valence-electron chi connectivity index (χ2n) is 7.27. The van der Waals surface area contributed by atoms with Crippen LogP contribution in [0.5, 0.6) is 0 Å². The number of nitrogen functional groups attached to an aromatic ring is 1. The molecule has 2 aromatic heterocycles. The van der Waals surface area contributed by atoms with Crippen LogP contribution in [0.3, 0.4) is 0 Å². The number of hydrogen-bond acceptors (Lipinski definition) is 5. The predicted molar refractivity (Wildman–Crippen MR) is 112 cm³/mol. The topological polar surface area (TPSA) is 127 Å². The second-order valence-corrected chi connectivity index (χ2v) is 7.27. The number of rotatable bonds is 4. The first kappa shape index (κ1) is 17.9. The zero-order valence-electron chi connectivity index (χ0n) is 16.0. The smallest absolute Gasteiger partial charge is 0.335 e. The second kappa shape index (κ2) is 6.41. The van der Waals surface area contributed by atoms with Gasteiger partial charge in [-0.3, -0.25) is 4.79 Å². The summed E-state index contributed by atoms with van der Waals surface area (Å²) in [7, 11) is 0. The first-order chi connectivity index (χ1) is 14.4. The number of carbonyl (C=O) groups excluding carboxylic acids is 1. The number of anilines is 1. The number of nitrogens with one attached hydrogen (secondary N) is 1. The molecule has 0 aliphatic heterocycles. The number of benzene rings is 2. The van der Waals surface area contributed by atoms with Gasteiger partial charge in [-0.25, -0.2) is 14.5 Å². The highest BCUT2D eigenvalue weighted by Gasteiger charge is 2.24. The van der Waals surface area contributed by atoms with Crippen LogP contribution in [0.15, 0.2) is 48.2 Å². The number of aromatic nitrogens is 4. The summed E-state index contributed by atoms with van der Waals surface area (Å²) in [5.74, 6) is -0.157. The van der Waals surface area contributed by atoms with E-state index < -0.39 is 5.97 Å². The standard InChI is InChI=1S/C22H17N5O3/c1-11-25-18-5-4-16(9-19(18)26-11)27-21(23)17(10-24-27)20(28)15-6-12-2-3-13(22(29)30)7-14(12)8-15/h2-5,7-10H,6,23H2,1H3,(H,25,26)(H,29,30). The SMILES string of the molecule is Cc1nc2ccc(-n3ncc(C(=O)C4=Cc5cc(C(=O)O)ccc5C4)c3N)cc2[nH]1. The van der Waals surface area contributed by atoms with E-state index in [2.05, 4.69) is 15.1 Å². The van der Waals surface area contributed by atoms with Gasteiger partial charge in [0.1, 0.15) is 11.6 Å². The molecule has 2 heterocycles. The minimum atomic E-state index is -0.999. The molecule has 148 valence electrons. The maximum Gasteiger partial charge on any atom is 0.335 e. The van der Waals surface area contributed by atoms with Crippen molar-refractivity contribution in [2.24, 2.45) is 0 Å². The van der Waals surface area contributed by atoms with Gasteiger partial charge >= 0.3 is 5.97 Å². The van der Waals surface area contributed by atoms with Gasteiger partial charge in [-0.1, -0.05) is 6.07 Å². The molecular weight excluding hydrogens is 382 g/mol. The third kappa shape index (κ3) is 2.77. The number of carboxylic acids is 1. The van der Waals surface area contributed by atoms with Crippen molar-refractivity contribution in [1.29, 1.82) is 0 Å². The van der Waals surface area contributed by atoms with Crippen LogP contribution in [0, 0.1) is 6.92 Å². The molecule has 0 bridgehead atoms. The predicted octanol–water partition coefficient (Wildman–Crippen LogP) is 3.16. The highest BCUT2D eigenvalue weighted by Crippen LogP contribution is 2.30. The highest BCUT2D eigenvalue weighted by molar-refractivity contribution is 6.15. The number of aromatic carboxylic acids is 1. The molecule has 4 aromatic rings. The number of aromatic amines is 1. The van der Waals surface area contributed by atoms with E-state index in [0.717, 1.165) is 33.7 Å². The van der Waals surface area contributed by atoms with Crippen LogP contribution in [-0.2, 0) is 6.42 Å². The Morgan fingerprint density at radius 2 is 2.03 bits per heavy atom. The Bertz CT molecular complexity index is 1390. The molecule has 1 aliphatic carbocycles. The monoisotopic (exact) mass is 399 g/mol. The van der Waals surface area contributed by atoms with E-state index in [-0.39, 0.29) is 17.2 Å². The number of nitrogens with two attached hydrogens (primary N) is 1. The van der Waals surface area contributed by atoms with E-state index in [9.17, 15) is 9.59 Å². The molecule has 4 N–H and O–H groups in total. The lowest BCUT2D eigenvalue weighted by Gasteiger charge is -2.05. The van der Waals surface area contributed by atoms with Crippen LogP contribution in [0.1, 0.15) is 37.7 Å². The first-order valence-electron chi connectivity index (χ1n) is 9.32. The van der Waals surface area contributed by atoms with Gasteiger partial charge in [-0.2, -0.15) is 5.10 Å². The van der Waals surface area contributed by atoms with Crippen LogP contribution in [-0.4, -0.2) is 36.6 Å². The van der Waals surface area contributed by atoms with Crippen LogP contribution in [0.2, 0.25) is 0 Å². The number of imidazole rings is 1. The molecule has 8 heteroatoms. The summed E-state index contributed by atoms with van der Waals surface area (Å²) in [6.07, 6.45) is 3.62. The number of H-pyrrole nitrogens is 1. The van der Waals surface area contributed by atoms with Crippen molar-refractivity contribution in [3.63, 3.8) is 0 Å². The molecule has 0 amide bonds. The summed E-state index contributed by atoms with van der Waals surface area (Å²) in [5, 5.41) is 13.5.